The summed E-state index contributed by atoms with van der Waals surface area (Å²) < 4.78 is 2.31. The topological polar surface area (TPSA) is 70.3 Å². The van der Waals surface area contributed by atoms with Gasteiger partial charge in [0.1, 0.15) is 11.2 Å². The molecule has 3 heterocycles. The number of nitrogens with zero attached hydrogens (tertiary/aromatic N) is 4. The number of pyridine rings is 1. The Labute approximate surface area is 122 Å². The van der Waals surface area contributed by atoms with Crippen molar-refractivity contribution in [2.24, 2.45) is 5.92 Å². The average molecular weight is 279 g/mol. The lowest BCUT2D eigenvalue weighted by Gasteiger charge is -2.36. The molecule has 0 unspecified atom stereocenters. The zero-order chi connectivity index (χ0) is 14.2. The van der Waals surface area contributed by atoms with Gasteiger partial charge in [0.25, 0.3) is 0 Å². The highest BCUT2D eigenvalue weighted by molar-refractivity contribution is 6.00. The Balaban J connectivity index is 1.58. The molecule has 21 heavy (non-hydrogen) atoms. The van der Waals surface area contributed by atoms with E-state index >= 15 is 0 Å². The smallest absolute Gasteiger partial charge is 0.139 e. The van der Waals surface area contributed by atoms with Gasteiger partial charge < -0.3 is 9.55 Å². The van der Waals surface area contributed by atoms with E-state index in [0.717, 1.165) is 28.9 Å². The van der Waals surface area contributed by atoms with Crippen LogP contribution in [0.15, 0.2) is 24.8 Å². The van der Waals surface area contributed by atoms with E-state index in [9.17, 15) is 0 Å². The van der Waals surface area contributed by atoms with Crippen molar-refractivity contribution in [2.45, 2.75) is 38.1 Å². The summed E-state index contributed by atoms with van der Waals surface area (Å²) in [7, 11) is 0. The Kier molecular flexibility index (Phi) is 2.88. The standard InChI is InChI=1S/C16H17N5/c17-5-2-1-3-11-7-12(8-11)21-10-20-14-9-19-16-13(15(14)21)4-6-18-16/h4,6,9-12H,1-3,7-8H2,(H,18,19). The number of nitriles is 1. The summed E-state index contributed by atoms with van der Waals surface area (Å²) in [5.74, 6) is 0.768. The first-order valence-electron chi connectivity index (χ1n) is 7.52. The third kappa shape index (κ3) is 1.99. The summed E-state index contributed by atoms with van der Waals surface area (Å²) >= 11 is 0. The van der Waals surface area contributed by atoms with Gasteiger partial charge in [0.15, 0.2) is 0 Å². The van der Waals surface area contributed by atoms with E-state index < -0.39 is 0 Å². The van der Waals surface area contributed by atoms with Gasteiger partial charge in [-0.1, -0.05) is 0 Å². The van der Waals surface area contributed by atoms with Crippen LogP contribution in [0, 0.1) is 17.2 Å². The Hall–Kier alpha value is -2.35. The van der Waals surface area contributed by atoms with Crippen molar-refractivity contribution in [3.63, 3.8) is 0 Å². The number of nitrogens with one attached hydrogen (secondary N) is 1. The SMILES string of the molecule is N#CCCCC1CC(n2cnc3cnc4[nH]ccc4c32)C1. The predicted octanol–water partition coefficient (Wildman–Crippen LogP) is 3.56. The van der Waals surface area contributed by atoms with E-state index in [1.165, 1.54) is 24.8 Å². The second kappa shape index (κ2) is 4.88. The van der Waals surface area contributed by atoms with Crippen molar-refractivity contribution < 1.29 is 0 Å². The average Bonchev–Trinajstić information content (AvgIpc) is 3.06. The third-order valence-corrected chi connectivity index (χ3v) is 4.62. The minimum atomic E-state index is 0.544. The number of hydrogen-bond acceptors (Lipinski definition) is 3. The maximum Gasteiger partial charge on any atom is 0.139 e. The predicted molar refractivity (Wildman–Crippen MR) is 80.6 cm³/mol. The molecule has 0 aromatic carbocycles. The minimum absolute atomic E-state index is 0.544. The molecule has 5 heteroatoms. The van der Waals surface area contributed by atoms with Crippen LogP contribution >= 0.6 is 0 Å². The van der Waals surface area contributed by atoms with Gasteiger partial charge in [-0.3, -0.25) is 0 Å². The fourth-order valence-corrected chi connectivity index (χ4v) is 3.44. The molecule has 1 aliphatic carbocycles. The monoisotopic (exact) mass is 279 g/mol. The summed E-state index contributed by atoms with van der Waals surface area (Å²) in [4.78, 5) is 12.0. The molecule has 0 bridgehead atoms. The lowest BCUT2D eigenvalue weighted by Crippen LogP contribution is -2.26. The number of imidazole rings is 1. The highest BCUT2D eigenvalue weighted by atomic mass is 15.1. The van der Waals surface area contributed by atoms with Gasteiger partial charge in [0, 0.05) is 24.0 Å². The normalized spacial score (nSPS) is 21.5. The zero-order valence-corrected chi connectivity index (χ0v) is 11.8. The van der Waals surface area contributed by atoms with E-state index in [0.29, 0.717) is 12.5 Å². The van der Waals surface area contributed by atoms with Crippen LogP contribution in [-0.4, -0.2) is 19.5 Å². The number of unbranched alkanes of at least 4 members (excludes halogenated alkanes) is 1. The highest BCUT2D eigenvalue weighted by Crippen LogP contribution is 2.42. The molecule has 0 amide bonds. The van der Waals surface area contributed by atoms with Gasteiger partial charge in [-0.2, -0.15) is 5.26 Å². The fourth-order valence-electron chi connectivity index (χ4n) is 3.44. The summed E-state index contributed by atoms with van der Waals surface area (Å²) in [6, 6.07) is 4.85. The Morgan fingerprint density at radius 3 is 3.14 bits per heavy atom. The lowest BCUT2D eigenvalue weighted by atomic mass is 9.77. The third-order valence-electron chi connectivity index (χ3n) is 4.62. The molecule has 1 fully saturated rings. The number of fused-ring (bicyclic) bond motifs is 3. The number of rotatable bonds is 4. The van der Waals surface area contributed by atoms with E-state index in [4.69, 9.17) is 5.26 Å². The Bertz CT molecular complexity index is 816. The van der Waals surface area contributed by atoms with Crippen molar-refractivity contribution in [1.29, 1.82) is 5.26 Å². The van der Waals surface area contributed by atoms with Crippen LogP contribution in [0.25, 0.3) is 22.1 Å². The number of aromatic nitrogens is 4. The fraction of sp³-hybridized carbons (Fsp3) is 0.438. The van der Waals surface area contributed by atoms with Gasteiger partial charge in [-0.15, -0.1) is 0 Å². The molecule has 0 aliphatic heterocycles. The maximum atomic E-state index is 8.60. The summed E-state index contributed by atoms with van der Waals surface area (Å²) in [6.07, 6.45) is 11.0. The first kappa shape index (κ1) is 12.4. The lowest BCUT2D eigenvalue weighted by molar-refractivity contribution is 0.188. The molecule has 0 radical (unpaired) electrons. The summed E-state index contributed by atoms with van der Waals surface area (Å²) in [6.45, 7) is 0. The molecule has 1 N–H and O–H groups in total. The second-order valence-corrected chi connectivity index (χ2v) is 5.93. The van der Waals surface area contributed by atoms with Crippen molar-refractivity contribution in [3.8, 4) is 6.07 Å². The number of H-pyrrole nitrogens is 1. The van der Waals surface area contributed by atoms with Crippen LogP contribution in [0.1, 0.15) is 38.1 Å². The van der Waals surface area contributed by atoms with E-state index in [1.54, 1.807) is 0 Å². The van der Waals surface area contributed by atoms with Gasteiger partial charge in [0.2, 0.25) is 0 Å². The quantitative estimate of drug-likeness (QED) is 0.742. The molecule has 1 saturated carbocycles. The molecule has 0 atom stereocenters. The maximum absolute atomic E-state index is 8.60. The Morgan fingerprint density at radius 2 is 2.29 bits per heavy atom. The number of aromatic amines is 1. The van der Waals surface area contributed by atoms with Gasteiger partial charge in [-0.05, 0) is 37.7 Å². The molecule has 3 aromatic rings. The van der Waals surface area contributed by atoms with Crippen LogP contribution in [-0.2, 0) is 0 Å². The zero-order valence-electron chi connectivity index (χ0n) is 11.8. The molecular weight excluding hydrogens is 262 g/mol. The second-order valence-electron chi connectivity index (χ2n) is 5.93. The van der Waals surface area contributed by atoms with E-state index in [-0.39, 0.29) is 0 Å². The largest absolute Gasteiger partial charge is 0.346 e. The van der Waals surface area contributed by atoms with Gasteiger partial charge in [0.05, 0.1) is 24.1 Å². The summed E-state index contributed by atoms with van der Waals surface area (Å²) in [5, 5.41) is 9.75. The van der Waals surface area contributed by atoms with E-state index in [1.807, 2.05) is 18.7 Å². The van der Waals surface area contributed by atoms with Gasteiger partial charge >= 0.3 is 0 Å². The first-order chi connectivity index (χ1) is 10.4. The van der Waals surface area contributed by atoms with Crippen molar-refractivity contribution in [2.75, 3.05) is 0 Å². The molecule has 0 spiro atoms. The molecule has 5 nitrogen and oxygen atoms in total. The Morgan fingerprint density at radius 1 is 1.38 bits per heavy atom. The highest BCUT2D eigenvalue weighted by Gasteiger charge is 2.31. The molecular formula is C16H17N5. The number of hydrogen-bond donors (Lipinski definition) is 1. The molecule has 106 valence electrons. The van der Waals surface area contributed by atoms with Crippen LogP contribution in [0.5, 0.6) is 0 Å². The van der Waals surface area contributed by atoms with Crippen LogP contribution in [0.2, 0.25) is 0 Å². The molecule has 0 saturated heterocycles. The van der Waals surface area contributed by atoms with E-state index in [2.05, 4.69) is 31.7 Å². The van der Waals surface area contributed by atoms with Crippen molar-refractivity contribution >= 4 is 22.1 Å². The van der Waals surface area contributed by atoms with Crippen molar-refractivity contribution in [1.82, 2.24) is 19.5 Å². The first-order valence-corrected chi connectivity index (χ1v) is 7.52. The minimum Gasteiger partial charge on any atom is -0.346 e. The van der Waals surface area contributed by atoms with Crippen LogP contribution < -0.4 is 0 Å². The van der Waals surface area contributed by atoms with Crippen LogP contribution in [0.3, 0.4) is 0 Å². The molecule has 3 aromatic heterocycles. The van der Waals surface area contributed by atoms with Crippen LogP contribution in [0.4, 0.5) is 0 Å². The molecule has 1 aliphatic rings. The molecule has 4 rings (SSSR count). The van der Waals surface area contributed by atoms with Gasteiger partial charge in [-0.25, -0.2) is 9.97 Å². The van der Waals surface area contributed by atoms with Crippen molar-refractivity contribution in [3.05, 3.63) is 24.8 Å². The summed E-state index contributed by atoms with van der Waals surface area (Å²) in [5.41, 5.74) is 3.09.